The van der Waals surface area contributed by atoms with Gasteiger partial charge in [-0.3, -0.25) is 9.59 Å². The van der Waals surface area contributed by atoms with Crippen LogP contribution in [0.4, 0.5) is 11.4 Å². The molecule has 0 saturated heterocycles. The highest BCUT2D eigenvalue weighted by Gasteiger charge is 2.27. The number of amides is 1. The minimum absolute atomic E-state index is 0.0475. The van der Waals surface area contributed by atoms with Crippen LogP contribution in [-0.4, -0.2) is 51.1 Å². The fourth-order valence-corrected chi connectivity index (χ4v) is 5.39. The van der Waals surface area contributed by atoms with Crippen LogP contribution in [0.1, 0.15) is 68.6 Å². The lowest BCUT2D eigenvalue weighted by Crippen LogP contribution is -2.36. The van der Waals surface area contributed by atoms with Gasteiger partial charge in [-0.05, 0) is 91.3 Å². The van der Waals surface area contributed by atoms with Gasteiger partial charge in [0.2, 0.25) is 0 Å². The summed E-state index contributed by atoms with van der Waals surface area (Å²) in [7, 11) is 5.39. The number of nitrogens with zero attached hydrogens (tertiary/aromatic N) is 4. The largest absolute Gasteiger partial charge is 0.469 e. The van der Waals surface area contributed by atoms with Crippen LogP contribution in [0.2, 0.25) is 0 Å². The molecule has 1 amide bonds. The van der Waals surface area contributed by atoms with Crippen molar-refractivity contribution in [1.29, 1.82) is 0 Å². The molecule has 222 valence electrons. The van der Waals surface area contributed by atoms with E-state index in [2.05, 4.69) is 54.6 Å². The van der Waals surface area contributed by atoms with Crippen molar-refractivity contribution in [1.82, 2.24) is 4.90 Å². The maximum absolute atomic E-state index is 13.4. The number of benzene rings is 3. The van der Waals surface area contributed by atoms with Crippen molar-refractivity contribution in [2.75, 3.05) is 39.2 Å². The minimum Gasteiger partial charge on any atom is -0.469 e. The summed E-state index contributed by atoms with van der Waals surface area (Å²) in [5, 5.41) is 8.83. The van der Waals surface area contributed by atoms with Crippen molar-refractivity contribution in [3.63, 3.8) is 0 Å². The van der Waals surface area contributed by atoms with Crippen LogP contribution in [0.25, 0.3) is 0 Å². The number of hydrogen-bond donors (Lipinski definition) is 0. The van der Waals surface area contributed by atoms with Gasteiger partial charge in [0, 0.05) is 38.7 Å². The summed E-state index contributed by atoms with van der Waals surface area (Å²) in [6.07, 6.45) is 0.999. The monoisotopic (exact) mass is 568 g/mol. The third kappa shape index (κ3) is 7.14. The van der Waals surface area contributed by atoms with E-state index in [4.69, 9.17) is 4.74 Å². The average molecular weight is 569 g/mol. The molecule has 1 aliphatic rings. The molecule has 7 heteroatoms. The molecule has 1 aliphatic heterocycles. The highest BCUT2D eigenvalue weighted by atomic mass is 16.5. The number of azo groups is 1. The molecule has 3 aromatic carbocycles. The Bertz CT molecular complexity index is 1460. The summed E-state index contributed by atoms with van der Waals surface area (Å²) in [5.74, 6) is -0.455. The average Bonchev–Trinajstić information content (AvgIpc) is 3.00. The summed E-state index contributed by atoms with van der Waals surface area (Å²) < 4.78 is 5.11. The van der Waals surface area contributed by atoms with Crippen LogP contribution in [0.3, 0.4) is 0 Å². The topological polar surface area (TPSA) is 74.6 Å². The number of methoxy groups -OCH3 is 1. The van der Waals surface area contributed by atoms with E-state index in [1.54, 1.807) is 0 Å². The Balaban J connectivity index is 0.00000237. The van der Waals surface area contributed by atoms with E-state index in [-0.39, 0.29) is 24.2 Å². The normalized spacial score (nSPS) is 13.2. The number of esters is 1. The summed E-state index contributed by atoms with van der Waals surface area (Å²) in [4.78, 5) is 30.0. The summed E-state index contributed by atoms with van der Waals surface area (Å²) in [6, 6.07) is 16.4. The number of carbonyl (C=O) groups excluding carboxylic acids is 2. The zero-order valence-electron chi connectivity index (χ0n) is 26.2. The SMILES string of the molecule is C=C.CCN=Nc1c(N(C)C)ccc([C@@H](CC(=O)OC)c2ccc3c(c2)CN(C(=O)c2ccc(C)c(C)c2)CC3)c1C. The van der Waals surface area contributed by atoms with E-state index in [9.17, 15) is 9.59 Å². The first-order valence-electron chi connectivity index (χ1n) is 14.4. The van der Waals surface area contributed by atoms with Crippen molar-refractivity contribution in [2.24, 2.45) is 10.2 Å². The van der Waals surface area contributed by atoms with Crippen molar-refractivity contribution >= 4 is 23.3 Å². The summed E-state index contributed by atoms with van der Waals surface area (Å²) in [6.45, 7) is 15.9. The maximum atomic E-state index is 13.4. The molecule has 1 heterocycles. The van der Waals surface area contributed by atoms with Gasteiger partial charge in [-0.15, -0.1) is 13.2 Å². The minimum atomic E-state index is -0.276. The third-order valence-electron chi connectivity index (χ3n) is 7.91. The van der Waals surface area contributed by atoms with Gasteiger partial charge in [-0.1, -0.05) is 30.3 Å². The van der Waals surface area contributed by atoms with Crippen molar-refractivity contribution in [3.05, 3.63) is 106 Å². The lowest BCUT2D eigenvalue weighted by atomic mass is 9.83. The van der Waals surface area contributed by atoms with Crippen LogP contribution in [0, 0.1) is 20.8 Å². The van der Waals surface area contributed by atoms with Crippen LogP contribution < -0.4 is 4.90 Å². The molecule has 0 bridgehead atoms. The molecule has 0 spiro atoms. The molecule has 0 unspecified atom stereocenters. The van der Waals surface area contributed by atoms with Gasteiger partial charge in [0.1, 0.15) is 5.69 Å². The smallest absolute Gasteiger partial charge is 0.306 e. The van der Waals surface area contributed by atoms with E-state index in [1.165, 1.54) is 18.2 Å². The second-order valence-electron chi connectivity index (χ2n) is 10.7. The summed E-state index contributed by atoms with van der Waals surface area (Å²) >= 11 is 0. The van der Waals surface area contributed by atoms with Crippen LogP contribution in [0.15, 0.2) is 71.9 Å². The van der Waals surface area contributed by atoms with Gasteiger partial charge >= 0.3 is 5.97 Å². The Hall–Kier alpha value is -4.26. The van der Waals surface area contributed by atoms with Gasteiger partial charge in [0.05, 0.1) is 25.8 Å². The van der Waals surface area contributed by atoms with Crippen LogP contribution >= 0.6 is 0 Å². The Kier molecular flexibility index (Phi) is 11.2. The molecular weight excluding hydrogens is 524 g/mol. The van der Waals surface area contributed by atoms with Crippen molar-refractivity contribution < 1.29 is 14.3 Å². The van der Waals surface area contributed by atoms with E-state index in [1.807, 2.05) is 68.9 Å². The van der Waals surface area contributed by atoms with Gasteiger partial charge in [0.15, 0.2) is 0 Å². The summed E-state index contributed by atoms with van der Waals surface area (Å²) in [5.41, 5.74) is 10.2. The lowest BCUT2D eigenvalue weighted by Gasteiger charge is -2.30. The molecule has 42 heavy (non-hydrogen) atoms. The Labute approximate surface area is 250 Å². The molecule has 0 fully saturated rings. The fourth-order valence-electron chi connectivity index (χ4n) is 5.39. The first-order valence-corrected chi connectivity index (χ1v) is 14.4. The molecule has 4 rings (SSSR count). The van der Waals surface area contributed by atoms with E-state index in [0.29, 0.717) is 19.6 Å². The maximum Gasteiger partial charge on any atom is 0.306 e. The lowest BCUT2D eigenvalue weighted by molar-refractivity contribution is -0.140. The number of anilines is 1. The standard InChI is InChI=1S/C33H40N4O3.C2H4/c1-8-34-35-32-23(4)28(13-14-30(32)36(5)6)29(19-31(38)40-7)25-12-11-24-15-16-37(20-27(24)18-25)33(39)26-10-9-21(2)22(3)17-26;1-2/h9-14,17-18,29H,8,15-16,19-20H2,1-7H3;1-2H2/t29-;/m0./s1. The van der Waals surface area contributed by atoms with Crippen LogP contribution in [-0.2, 0) is 22.5 Å². The first-order chi connectivity index (χ1) is 20.1. The molecule has 1 atom stereocenters. The number of fused-ring (bicyclic) bond motifs is 1. The third-order valence-corrected chi connectivity index (χ3v) is 7.91. The van der Waals surface area contributed by atoms with E-state index < -0.39 is 0 Å². The Morgan fingerprint density at radius 1 is 1.00 bits per heavy atom. The molecular formula is C35H44N4O3. The molecule has 0 saturated carbocycles. The van der Waals surface area contributed by atoms with Crippen LogP contribution in [0.5, 0.6) is 0 Å². The van der Waals surface area contributed by atoms with Gasteiger partial charge in [-0.2, -0.15) is 10.2 Å². The second-order valence-corrected chi connectivity index (χ2v) is 10.7. The van der Waals surface area contributed by atoms with Crippen molar-refractivity contribution in [3.8, 4) is 0 Å². The molecule has 0 aliphatic carbocycles. The molecule has 0 N–H and O–H groups in total. The number of ether oxygens (including phenoxy) is 1. The number of rotatable bonds is 8. The zero-order valence-corrected chi connectivity index (χ0v) is 26.2. The molecule has 7 nitrogen and oxygen atoms in total. The molecule has 0 radical (unpaired) electrons. The van der Waals surface area contributed by atoms with Crippen molar-refractivity contribution in [2.45, 2.75) is 53.0 Å². The highest BCUT2D eigenvalue weighted by Crippen LogP contribution is 2.40. The van der Waals surface area contributed by atoms with Gasteiger partial charge in [0.25, 0.3) is 5.91 Å². The predicted molar refractivity (Wildman–Crippen MR) is 171 cm³/mol. The predicted octanol–water partition coefficient (Wildman–Crippen LogP) is 7.48. The fraction of sp³-hybridized carbons (Fsp3) is 0.371. The first kappa shape index (κ1) is 32.3. The molecule has 3 aromatic rings. The molecule has 0 aromatic heterocycles. The van der Waals surface area contributed by atoms with E-state index >= 15 is 0 Å². The van der Waals surface area contributed by atoms with Gasteiger partial charge in [-0.25, -0.2) is 0 Å². The second kappa shape index (κ2) is 14.6. The van der Waals surface area contributed by atoms with E-state index in [0.717, 1.165) is 51.2 Å². The number of aryl methyl sites for hydroxylation is 2. The highest BCUT2D eigenvalue weighted by molar-refractivity contribution is 5.94. The quantitative estimate of drug-likeness (QED) is 0.160. The number of carbonyl (C=O) groups is 2. The zero-order chi connectivity index (χ0) is 31.0. The Morgan fingerprint density at radius 2 is 1.74 bits per heavy atom. The van der Waals surface area contributed by atoms with Gasteiger partial charge < -0.3 is 14.5 Å². The number of hydrogen-bond acceptors (Lipinski definition) is 6. The Morgan fingerprint density at radius 3 is 2.38 bits per heavy atom.